The number of benzene rings is 1. The molecule has 6 heteroatoms. The molecule has 0 fully saturated rings. The van der Waals surface area contributed by atoms with Crippen molar-refractivity contribution in [2.45, 2.75) is 24.3 Å². The number of hydrogen-bond acceptors (Lipinski definition) is 4. The summed E-state index contributed by atoms with van der Waals surface area (Å²) in [5, 5.41) is 14.0. The molecule has 0 aliphatic carbocycles. The highest BCUT2D eigenvalue weighted by atomic mass is 32.2. The van der Waals surface area contributed by atoms with Crippen LogP contribution in [0.2, 0.25) is 0 Å². The van der Waals surface area contributed by atoms with Gasteiger partial charge in [-0.25, -0.2) is 0 Å². The van der Waals surface area contributed by atoms with Crippen LogP contribution in [0, 0.1) is 0 Å². The van der Waals surface area contributed by atoms with Gasteiger partial charge in [0.1, 0.15) is 0 Å². The molecule has 0 saturated heterocycles. The van der Waals surface area contributed by atoms with Crippen LogP contribution in [0.4, 0.5) is 5.69 Å². The van der Waals surface area contributed by atoms with Gasteiger partial charge in [0.15, 0.2) is 0 Å². The number of rotatable bonds is 5. The minimum atomic E-state index is -0.739. The Labute approximate surface area is 116 Å². The normalized spacial score (nSPS) is 11.7. The molecule has 0 heterocycles. The Morgan fingerprint density at radius 2 is 2.00 bits per heavy atom. The number of aliphatic hydroxyl groups excluding tert-OH is 1. The molecule has 5 nitrogen and oxygen atoms in total. The summed E-state index contributed by atoms with van der Waals surface area (Å²) in [6.07, 6.45) is 2.46. The van der Waals surface area contributed by atoms with Gasteiger partial charge in [0.05, 0.1) is 18.3 Å². The van der Waals surface area contributed by atoms with E-state index in [0.29, 0.717) is 12.1 Å². The van der Waals surface area contributed by atoms with Gasteiger partial charge >= 0.3 is 11.8 Å². The molecule has 1 aromatic carbocycles. The van der Waals surface area contributed by atoms with E-state index < -0.39 is 17.9 Å². The molecule has 0 aromatic heterocycles. The van der Waals surface area contributed by atoms with Crippen LogP contribution in [-0.4, -0.2) is 35.8 Å². The number of thioether (sulfide) groups is 1. The molecular weight excluding hydrogens is 264 g/mol. The first-order valence-electron chi connectivity index (χ1n) is 5.98. The van der Waals surface area contributed by atoms with E-state index >= 15 is 0 Å². The molecule has 0 aliphatic rings. The minimum absolute atomic E-state index is 0.184. The average molecular weight is 282 g/mol. The van der Waals surface area contributed by atoms with E-state index in [1.807, 2.05) is 25.3 Å². The average Bonchev–Trinajstić information content (AvgIpc) is 2.44. The standard InChI is InChI=1S/C13H18N2O3S/c1-3-9(8-16)14-12(17)13(18)15-10-6-4-5-7-11(10)19-2/h4-7,9,16H,3,8H2,1-2H3,(H,14,17)(H,15,18). The fraction of sp³-hybridized carbons (Fsp3) is 0.385. The Morgan fingerprint density at radius 3 is 2.58 bits per heavy atom. The van der Waals surface area contributed by atoms with E-state index in [2.05, 4.69) is 10.6 Å². The second-order valence-electron chi connectivity index (χ2n) is 3.92. The third-order valence-corrected chi connectivity index (χ3v) is 3.41. The summed E-state index contributed by atoms with van der Waals surface area (Å²) >= 11 is 1.49. The summed E-state index contributed by atoms with van der Waals surface area (Å²) in [6.45, 7) is 1.64. The number of nitrogens with one attached hydrogen (secondary N) is 2. The zero-order chi connectivity index (χ0) is 14.3. The van der Waals surface area contributed by atoms with Crippen molar-refractivity contribution in [2.24, 2.45) is 0 Å². The lowest BCUT2D eigenvalue weighted by Crippen LogP contribution is -2.43. The molecule has 19 heavy (non-hydrogen) atoms. The molecule has 0 radical (unpaired) electrons. The van der Waals surface area contributed by atoms with Gasteiger partial charge in [0.2, 0.25) is 0 Å². The second-order valence-corrected chi connectivity index (χ2v) is 4.76. The number of carbonyl (C=O) groups excluding carboxylic acids is 2. The number of aliphatic hydroxyl groups is 1. The van der Waals surface area contributed by atoms with Crippen LogP contribution in [0.15, 0.2) is 29.2 Å². The van der Waals surface area contributed by atoms with Gasteiger partial charge in [-0.05, 0) is 24.8 Å². The largest absolute Gasteiger partial charge is 0.394 e. The number of amides is 2. The minimum Gasteiger partial charge on any atom is -0.394 e. The molecule has 1 atom stereocenters. The van der Waals surface area contributed by atoms with E-state index in [0.717, 1.165) is 4.90 Å². The van der Waals surface area contributed by atoms with Crippen molar-refractivity contribution in [3.8, 4) is 0 Å². The molecule has 0 spiro atoms. The van der Waals surface area contributed by atoms with Crippen molar-refractivity contribution in [3.05, 3.63) is 24.3 Å². The lowest BCUT2D eigenvalue weighted by molar-refractivity contribution is -0.136. The van der Waals surface area contributed by atoms with Gasteiger partial charge in [-0.3, -0.25) is 9.59 Å². The Morgan fingerprint density at radius 1 is 1.32 bits per heavy atom. The predicted molar refractivity (Wildman–Crippen MR) is 76.2 cm³/mol. The molecular formula is C13H18N2O3S. The van der Waals surface area contributed by atoms with Crippen LogP contribution in [-0.2, 0) is 9.59 Å². The lowest BCUT2D eigenvalue weighted by atomic mass is 10.2. The van der Waals surface area contributed by atoms with Gasteiger partial charge in [0.25, 0.3) is 0 Å². The number of carbonyl (C=O) groups is 2. The maximum Gasteiger partial charge on any atom is 0.313 e. The summed E-state index contributed by atoms with van der Waals surface area (Å²) in [7, 11) is 0. The van der Waals surface area contributed by atoms with Crippen LogP contribution in [0.25, 0.3) is 0 Å². The van der Waals surface area contributed by atoms with Gasteiger partial charge in [0, 0.05) is 4.90 Å². The first-order valence-corrected chi connectivity index (χ1v) is 7.20. The Kier molecular flexibility index (Phi) is 6.38. The molecule has 0 bridgehead atoms. The SMILES string of the molecule is CCC(CO)NC(=O)C(=O)Nc1ccccc1SC. The topological polar surface area (TPSA) is 78.4 Å². The second kappa shape index (κ2) is 7.81. The fourth-order valence-corrected chi connectivity index (χ4v) is 2.01. The molecule has 0 saturated carbocycles. The molecule has 104 valence electrons. The maximum atomic E-state index is 11.7. The van der Waals surface area contributed by atoms with Gasteiger partial charge in [-0.15, -0.1) is 11.8 Å². The van der Waals surface area contributed by atoms with Crippen LogP contribution in [0.5, 0.6) is 0 Å². The van der Waals surface area contributed by atoms with E-state index in [-0.39, 0.29) is 6.61 Å². The van der Waals surface area contributed by atoms with E-state index in [1.54, 1.807) is 12.1 Å². The van der Waals surface area contributed by atoms with Crippen molar-refractivity contribution in [1.29, 1.82) is 0 Å². The third kappa shape index (κ3) is 4.57. The summed E-state index contributed by atoms with van der Waals surface area (Å²) in [6, 6.07) is 6.85. The van der Waals surface area contributed by atoms with E-state index in [1.165, 1.54) is 11.8 Å². The number of para-hydroxylation sites is 1. The molecule has 1 aromatic rings. The van der Waals surface area contributed by atoms with Gasteiger partial charge in [-0.1, -0.05) is 19.1 Å². The van der Waals surface area contributed by atoms with Crippen molar-refractivity contribution in [2.75, 3.05) is 18.2 Å². The van der Waals surface area contributed by atoms with Crippen LogP contribution in [0.3, 0.4) is 0 Å². The smallest absolute Gasteiger partial charge is 0.313 e. The van der Waals surface area contributed by atoms with Gasteiger partial charge in [-0.2, -0.15) is 0 Å². The predicted octanol–water partition coefficient (Wildman–Crippen LogP) is 1.23. The number of anilines is 1. The van der Waals surface area contributed by atoms with Crippen LogP contribution < -0.4 is 10.6 Å². The monoisotopic (exact) mass is 282 g/mol. The fourth-order valence-electron chi connectivity index (χ4n) is 1.45. The molecule has 0 aliphatic heterocycles. The van der Waals surface area contributed by atoms with Crippen molar-refractivity contribution >= 4 is 29.3 Å². The van der Waals surface area contributed by atoms with Gasteiger partial charge < -0.3 is 15.7 Å². The maximum absolute atomic E-state index is 11.7. The summed E-state index contributed by atoms with van der Waals surface area (Å²) < 4.78 is 0. The quantitative estimate of drug-likeness (QED) is 0.561. The summed E-state index contributed by atoms with van der Waals surface area (Å²) in [4.78, 5) is 24.3. The first-order chi connectivity index (χ1) is 9.12. The van der Waals surface area contributed by atoms with Crippen molar-refractivity contribution < 1.29 is 14.7 Å². The van der Waals surface area contributed by atoms with Crippen molar-refractivity contribution in [1.82, 2.24) is 5.32 Å². The first kappa shape index (κ1) is 15.5. The molecule has 1 unspecified atom stereocenters. The highest BCUT2D eigenvalue weighted by Crippen LogP contribution is 2.24. The molecule has 3 N–H and O–H groups in total. The lowest BCUT2D eigenvalue weighted by Gasteiger charge is -2.14. The van der Waals surface area contributed by atoms with Crippen molar-refractivity contribution in [3.63, 3.8) is 0 Å². The molecule has 1 rings (SSSR count). The third-order valence-electron chi connectivity index (χ3n) is 2.61. The zero-order valence-electron chi connectivity index (χ0n) is 11.0. The Balaban J connectivity index is 2.66. The Hall–Kier alpha value is -1.53. The summed E-state index contributed by atoms with van der Waals surface area (Å²) in [5.41, 5.74) is 0.604. The highest BCUT2D eigenvalue weighted by molar-refractivity contribution is 7.98. The van der Waals surface area contributed by atoms with E-state index in [4.69, 9.17) is 5.11 Å². The molecule has 2 amide bonds. The number of hydrogen-bond donors (Lipinski definition) is 3. The summed E-state index contributed by atoms with van der Waals surface area (Å²) in [5.74, 6) is -1.47. The Bertz CT molecular complexity index is 447. The zero-order valence-corrected chi connectivity index (χ0v) is 11.8. The van der Waals surface area contributed by atoms with E-state index in [9.17, 15) is 9.59 Å². The highest BCUT2D eigenvalue weighted by Gasteiger charge is 2.18. The van der Waals surface area contributed by atoms with Crippen LogP contribution in [0.1, 0.15) is 13.3 Å². The van der Waals surface area contributed by atoms with Crippen LogP contribution >= 0.6 is 11.8 Å².